The smallest absolute Gasteiger partial charge is 0.243 e. The Morgan fingerprint density at radius 1 is 0.950 bits per heavy atom. The van der Waals surface area contributed by atoms with Crippen LogP contribution in [0, 0.1) is 6.92 Å². The first-order valence-corrected chi connectivity index (χ1v) is 15.8. The summed E-state index contributed by atoms with van der Waals surface area (Å²) in [5.74, 6) is -0.663. The van der Waals surface area contributed by atoms with Crippen molar-refractivity contribution in [3.05, 3.63) is 100 Å². The Bertz CT molecular complexity index is 1410. The number of benzene rings is 3. The molecule has 0 unspecified atom stereocenters. The van der Waals surface area contributed by atoms with E-state index in [1.165, 1.54) is 24.1 Å². The molecule has 4 rings (SSSR count). The lowest BCUT2D eigenvalue weighted by molar-refractivity contribution is -0.141. The third-order valence-electron chi connectivity index (χ3n) is 7.30. The van der Waals surface area contributed by atoms with Crippen LogP contribution in [0.3, 0.4) is 0 Å². The van der Waals surface area contributed by atoms with E-state index in [2.05, 4.69) is 21.2 Å². The van der Waals surface area contributed by atoms with Crippen molar-refractivity contribution in [1.29, 1.82) is 0 Å². The molecule has 9 heteroatoms. The van der Waals surface area contributed by atoms with Crippen LogP contribution in [0.2, 0.25) is 0 Å². The van der Waals surface area contributed by atoms with Gasteiger partial charge >= 0.3 is 0 Å². The van der Waals surface area contributed by atoms with Crippen LogP contribution in [0.5, 0.6) is 0 Å². The molecule has 3 aromatic carbocycles. The average Bonchev–Trinajstić information content (AvgIpc) is 3.44. The highest BCUT2D eigenvalue weighted by molar-refractivity contribution is 9.10. The number of halogens is 1. The number of hydrogen-bond donors (Lipinski definition) is 1. The minimum atomic E-state index is -3.91. The summed E-state index contributed by atoms with van der Waals surface area (Å²) in [4.78, 5) is 29.4. The summed E-state index contributed by atoms with van der Waals surface area (Å²) in [5.41, 5.74) is 2.69. The van der Waals surface area contributed by atoms with Crippen molar-refractivity contribution < 1.29 is 18.0 Å². The van der Waals surface area contributed by atoms with E-state index in [4.69, 9.17) is 0 Å². The Kier molecular flexibility index (Phi) is 10.2. The van der Waals surface area contributed by atoms with Crippen LogP contribution in [0.4, 0.5) is 0 Å². The quantitative estimate of drug-likeness (QED) is 0.322. The molecule has 0 aliphatic heterocycles. The second-order valence-corrected chi connectivity index (χ2v) is 13.4. The molecule has 0 bridgehead atoms. The zero-order valence-electron chi connectivity index (χ0n) is 22.9. The fourth-order valence-corrected chi connectivity index (χ4v) is 6.58. The van der Waals surface area contributed by atoms with Crippen LogP contribution >= 0.6 is 15.9 Å². The minimum Gasteiger partial charge on any atom is -0.352 e. The number of aryl methyl sites for hydroxylation is 1. The molecular formula is C31H36BrN3O4S. The maximum atomic E-state index is 14.0. The van der Waals surface area contributed by atoms with Gasteiger partial charge in [0.15, 0.2) is 0 Å². The fraction of sp³-hybridized carbons (Fsp3) is 0.355. The number of rotatable bonds is 11. The van der Waals surface area contributed by atoms with Crippen molar-refractivity contribution in [2.75, 3.05) is 13.6 Å². The third-order valence-corrected chi connectivity index (χ3v) is 9.61. The van der Waals surface area contributed by atoms with Crippen LogP contribution in [-0.2, 0) is 32.6 Å². The van der Waals surface area contributed by atoms with Gasteiger partial charge in [-0.05, 0) is 55.2 Å². The predicted molar refractivity (Wildman–Crippen MR) is 160 cm³/mol. The zero-order valence-corrected chi connectivity index (χ0v) is 25.3. The number of amides is 2. The molecule has 0 saturated heterocycles. The SMILES string of the molecule is Cc1ccc(S(=O)(=O)N(C)CC(=O)N(Cc2cccc(Br)c2)[C@@H](Cc2ccccc2)C(=O)NC2CCCC2)cc1. The zero-order chi connectivity index (χ0) is 28.7. The first kappa shape index (κ1) is 30.0. The molecule has 0 spiro atoms. The Hall–Kier alpha value is -3.01. The second kappa shape index (κ2) is 13.6. The summed E-state index contributed by atoms with van der Waals surface area (Å²) >= 11 is 3.49. The van der Waals surface area contributed by atoms with E-state index in [1.54, 1.807) is 12.1 Å². The van der Waals surface area contributed by atoms with Crippen LogP contribution in [0.15, 0.2) is 88.2 Å². The van der Waals surface area contributed by atoms with Gasteiger partial charge in [-0.1, -0.05) is 88.9 Å². The average molecular weight is 627 g/mol. The molecule has 0 aromatic heterocycles. The van der Waals surface area contributed by atoms with Gasteiger partial charge in [0.05, 0.1) is 11.4 Å². The molecule has 7 nitrogen and oxygen atoms in total. The molecule has 0 heterocycles. The molecule has 1 aliphatic rings. The van der Waals surface area contributed by atoms with E-state index in [1.807, 2.05) is 61.5 Å². The first-order valence-electron chi connectivity index (χ1n) is 13.5. The number of carbonyl (C=O) groups is 2. The summed E-state index contributed by atoms with van der Waals surface area (Å²) in [5, 5.41) is 3.17. The maximum Gasteiger partial charge on any atom is 0.243 e. The van der Waals surface area contributed by atoms with Crippen molar-refractivity contribution in [2.45, 2.75) is 62.6 Å². The molecule has 2 amide bonds. The summed E-state index contributed by atoms with van der Waals surface area (Å²) < 4.78 is 28.5. The number of carbonyl (C=O) groups excluding carboxylic acids is 2. The third kappa shape index (κ3) is 7.80. The first-order chi connectivity index (χ1) is 19.1. The Balaban J connectivity index is 1.66. The van der Waals surface area contributed by atoms with E-state index in [-0.39, 0.29) is 23.4 Å². The van der Waals surface area contributed by atoms with Gasteiger partial charge in [0.1, 0.15) is 6.04 Å². The number of sulfonamides is 1. The minimum absolute atomic E-state index is 0.0817. The van der Waals surface area contributed by atoms with Crippen molar-refractivity contribution >= 4 is 37.8 Å². The number of nitrogens with zero attached hydrogens (tertiary/aromatic N) is 2. The molecule has 40 heavy (non-hydrogen) atoms. The number of likely N-dealkylation sites (N-methyl/N-ethyl adjacent to an activating group) is 1. The van der Waals surface area contributed by atoms with E-state index in [9.17, 15) is 18.0 Å². The van der Waals surface area contributed by atoms with Crippen LogP contribution in [0.1, 0.15) is 42.4 Å². The lowest BCUT2D eigenvalue weighted by Crippen LogP contribution is -2.54. The fourth-order valence-electron chi connectivity index (χ4n) is 5.01. The lowest BCUT2D eigenvalue weighted by atomic mass is 10.0. The Morgan fingerprint density at radius 2 is 1.60 bits per heavy atom. The van der Waals surface area contributed by atoms with Crippen molar-refractivity contribution in [1.82, 2.24) is 14.5 Å². The molecule has 1 N–H and O–H groups in total. The normalized spacial score (nSPS) is 14.7. The molecule has 212 valence electrons. The van der Waals surface area contributed by atoms with Crippen molar-refractivity contribution in [3.8, 4) is 0 Å². The van der Waals surface area contributed by atoms with Gasteiger partial charge < -0.3 is 10.2 Å². The van der Waals surface area contributed by atoms with Gasteiger partial charge in [0, 0.05) is 30.5 Å². The van der Waals surface area contributed by atoms with Gasteiger partial charge in [0.2, 0.25) is 21.8 Å². The maximum absolute atomic E-state index is 14.0. The van der Waals surface area contributed by atoms with E-state index in [0.717, 1.165) is 51.2 Å². The monoisotopic (exact) mass is 625 g/mol. The van der Waals surface area contributed by atoms with Gasteiger partial charge in [-0.2, -0.15) is 4.31 Å². The number of hydrogen-bond acceptors (Lipinski definition) is 4. The molecule has 1 aliphatic carbocycles. The van der Waals surface area contributed by atoms with Crippen molar-refractivity contribution in [2.24, 2.45) is 0 Å². The molecule has 1 saturated carbocycles. The highest BCUT2D eigenvalue weighted by atomic mass is 79.9. The van der Waals surface area contributed by atoms with Crippen LogP contribution in [-0.4, -0.2) is 55.1 Å². The van der Waals surface area contributed by atoms with Gasteiger partial charge in [0.25, 0.3) is 0 Å². The van der Waals surface area contributed by atoms with Gasteiger partial charge in [-0.15, -0.1) is 0 Å². The standard InChI is InChI=1S/C31H36BrN3O4S/c1-23-15-17-28(18-16-23)40(38,39)34(2)22-30(36)35(21-25-11-8-12-26(32)19-25)29(20-24-9-4-3-5-10-24)31(37)33-27-13-6-7-14-27/h3-5,8-12,15-19,27,29H,6-7,13-14,20-22H2,1-2H3,(H,33,37)/t29-/m0/s1. The summed E-state index contributed by atoms with van der Waals surface area (Å²) in [6.45, 7) is 1.64. The molecular weight excluding hydrogens is 590 g/mol. The molecule has 0 radical (unpaired) electrons. The Morgan fingerprint density at radius 3 is 2.25 bits per heavy atom. The lowest BCUT2D eigenvalue weighted by Gasteiger charge is -2.33. The second-order valence-electron chi connectivity index (χ2n) is 10.4. The van der Waals surface area contributed by atoms with E-state index >= 15 is 0 Å². The highest BCUT2D eigenvalue weighted by Gasteiger charge is 2.34. The number of nitrogens with one attached hydrogen (secondary N) is 1. The molecule has 1 fully saturated rings. The summed E-state index contributed by atoms with van der Waals surface area (Å²) in [6, 6.07) is 23.0. The van der Waals surface area contributed by atoms with Crippen molar-refractivity contribution in [3.63, 3.8) is 0 Å². The van der Waals surface area contributed by atoms with E-state index < -0.39 is 28.5 Å². The molecule has 3 aromatic rings. The van der Waals surface area contributed by atoms with Crippen LogP contribution < -0.4 is 5.32 Å². The predicted octanol–water partition coefficient (Wildman–Crippen LogP) is 5.08. The molecule has 1 atom stereocenters. The topological polar surface area (TPSA) is 86.8 Å². The largest absolute Gasteiger partial charge is 0.352 e. The van der Waals surface area contributed by atoms with E-state index in [0.29, 0.717) is 6.42 Å². The summed E-state index contributed by atoms with van der Waals surface area (Å²) in [7, 11) is -2.51. The summed E-state index contributed by atoms with van der Waals surface area (Å²) in [6.07, 6.45) is 4.28. The van der Waals surface area contributed by atoms with Gasteiger partial charge in [-0.25, -0.2) is 8.42 Å². The van der Waals surface area contributed by atoms with Gasteiger partial charge in [-0.3, -0.25) is 9.59 Å². The highest BCUT2D eigenvalue weighted by Crippen LogP contribution is 2.22. The Labute approximate surface area is 245 Å². The van der Waals surface area contributed by atoms with Crippen LogP contribution in [0.25, 0.3) is 0 Å².